The molecule has 0 atom stereocenters. The molecule has 0 aliphatic rings. The summed E-state index contributed by atoms with van der Waals surface area (Å²) in [7, 11) is 1.55. The van der Waals surface area contributed by atoms with Crippen LogP contribution in [-0.4, -0.2) is 35.1 Å². The molecule has 0 spiro atoms. The second-order valence-corrected chi connectivity index (χ2v) is 6.64. The summed E-state index contributed by atoms with van der Waals surface area (Å²) in [4.78, 5) is 18.0. The van der Waals surface area contributed by atoms with E-state index in [4.69, 9.17) is 9.47 Å². The van der Waals surface area contributed by atoms with Crippen LogP contribution in [0.1, 0.15) is 20.8 Å². The van der Waals surface area contributed by atoms with Crippen LogP contribution in [0.15, 0.2) is 65.5 Å². The van der Waals surface area contributed by atoms with Gasteiger partial charge in [-0.05, 0) is 55.0 Å². The molecule has 0 aliphatic heterocycles. The number of rotatable bonds is 7. The first-order valence-electron chi connectivity index (χ1n) is 10.8. The fourth-order valence-electron chi connectivity index (χ4n) is 3.25. The summed E-state index contributed by atoms with van der Waals surface area (Å²) < 4.78 is 41.4. The zero-order valence-corrected chi connectivity index (χ0v) is 19.3. The predicted octanol–water partition coefficient (Wildman–Crippen LogP) is 5.48. The van der Waals surface area contributed by atoms with Gasteiger partial charge in [-0.1, -0.05) is 26.0 Å². The monoisotopic (exact) mass is 469 g/mol. The third-order valence-electron chi connectivity index (χ3n) is 4.68. The number of fused-ring (bicyclic) bond motifs is 1. The van der Waals surface area contributed by atoms with Gasteiger partial charge in [0, 0.05) is 6.07 Å². The van der Waals surface area contributed by atoms with E-state index in [2.05, 4.69) is 14.8 Å². The zero-order chi connectivity index (χ0) is 24.7. The maximum atomic E-state index is 13.5. The van der Waals surface area contributed by atoms with E-state index in [9.17, 15) is 13.6 Å². The second-order valence-electron chi connectivity index (χ2n) is 6.64. The van der Waals surface area contributed by atoms with Crippen LogP contribution < -0.4 is 19.8 Å². The number of aromatic nitrogens is 3. The van der Waals surface area contributed by atoms with Crippen molar-refractivity contribution in [2.24, 2.45) is 0 Å². The SMILES string of the molecule is CC.CCOc1ccc2nn(-c3ccc(OC)cc3)c(=O)c(-c3ccc(OC(F)F)cc3)c2n1. The molecule has 0 amide bonds. The van der Waals surface area contributed by atoms with Gasteiger partial charge in [0.05, 0.1) is 25.0 Å². The molecule has 0 unspecified atom stereocenters. The molecule has 9 heteroatoms. The largest absolute Gasteiger partial charge is 0.497 e. The summed E-state index contributed by atoms with van der Waals surface area (Å²) in [6, 6.07) is 16.1. The van der Waals surface area contributed by atoms with Crippen molar-refractivity contribution in [3.8, 4) is 34.2 Å². The van der Waals surface area contributed by atoms with E-state index >= 15 is 0 Å². The minimum absolute atomic E-state index is 0.0134. The van der Waals surface area contributed by atoms with Crippen LogP contribution >= 0.6 is 0 Å². The molecular weight excluding hydrogens is 444 g/mol. The van der Waals surface area contributed by atoms with Gasteiger partial charge in [0.25, 0.3) is 5.56 Å². The normalized spacial score (nSPS) is 10.6. The lowest BCUT2D eigenvalue weighted by atomic mass is 10.1. The molecule has 2 aromatic carbocycles. The van der Waals surface area contributed by atoms with E-state index in [-0.39, 0.29) is 11.3 Å². The van der Waals surface area contributed by atoms with Crippen molar-refractivity contribution in [1.82, 2.24) is 14.8 Å². The van der Waals surface area contributed by atoms with E-state index in [0.29, 0.717) is 40.5 Å². The number of benzene rings is 2. The summed E-state index contributed by atoms with van der Waals surface area (Å²) in [5.41, 5.74) is 1.65. The second kappa shape index (κ2) is 11.2. The first kappa shape index (κ1) is 24.6. The highest BCUT2D eigenvalue weighted by Gasteiger charge is 2.17. The number of methoxy groups -OCH3 is 1. The Morgan fingerprint density at radius 3 is 2.18 bits per heavy atom. The smallest absolute Gasteiger partial charge is 0.387 e. The lowest BCUT2D eigenvalue weighted by Gasteiger charge is -2.13. The summed E-state index contributed by atoms with van der Waals surface area (Å²) in [5, 5.41) is 4.47. The lowest BCUT2D eigenvalue weighted by Crippen LogP contribution is -2.23. The molecular formula is C25H25F2N3O4. The van der Waals surface area contributed by atoms with Gasteiger partial charge in [-0.3, -0.25) is 4.79 Å². The Labute approximate surface area is 195 Å². The van der Waals surface area contributed by atoms with Crippen molar-refractivity contribution in [1.29, 1.82) is 0 Å². The Bertz CT molecular complexity index is 1290. The van der Waals surface area contributed by atoms with Gasteiger partial charge >= 0.3 is 6.61 Å². The van der Waals surface area contributed by atoms with E-state index in [1.165, 1.54) is 28.9 Å². The lowest BCUT2D eigenvalue weighted by molar-refractivity contribution is -0.0498. The van der Waals surface area contributed by atoms with E-state index in [0.717, 1.165) is 0 Å². The van der Waals surface area contributed by atoms with Gasteiger partial charge in [-0.25, -0.2) is 4.98 Å². The Balaban J connectivity index is 0.00000158. The van der Waals surface area contributed by atoms with Crippen molar-refractivity contribution < 1.29 is 23.0 Å². The highest BCUT2D eigenvalue weighted by Crippen LogP contribution is 2.28. The van der Waals surface area contributed by atoms with Crippen LogP contribution in [0.2, 0.25) is 0 Å². The Morgan fingerprint density at radius 1 is 0.941 bits per heavy atom. The molecule has 178 valence electrons. The Hall–Kier alpha value is -4.01. The molecule has 0 saturated carbocycles. The molecule has 4 aromatic rings. The molecule has 0 radical (unpaired) electrons. The van der Waals surface area contributed by atoms with E-state index < -0.39 is 12.2 Å². The molecule has 0 fully saturated rings. The number of hydrogen-bond donors (Lipinski definition) is 0. The topological polar surface area (TPSA) is 75.5 Å². The summed E-state index contributed by atoms with van der Waals surface area (Å²) in [6.45, 7) is 3.29. The quantitative estimate of drug-likeness (QED) is 0.357. The summed E-state index contributed by atoms with van der Waals surface area (Å²) in [6.07, 6.45) is 0. The fraction of sp³-hybridized carbons (Fsp3) is 0.240. The van der Waals surface area contributed by atoms with Crippen LogP contribution in [0.3, 0.4) is 0 Å². The highest BCUT2D eigenvalue weighted by molar-refractivity contribution is 5.91. The molecule has 7 nitrogen and oxygen atoms in total. The summed E-state index contributed by atoms with van der Waals surface area (Å²) >= 11 is 0. The number of halogens is 2. The van der Waals surface area contributed by atoms with E-state index in [1.54, 1.807) is 43.5 Å². The van der Waals surface area contributed by atoms with Crippen molar-refractivity contribution in [2.45, 2.75) is 27.4 Å². The third-order valence-corrected chi connectivity index (χ3v) is 4.68. The predicted molar refractivity (Wildman–Crippen MR) is 126 cm³/mol. The molecule has 0 aliphatic carbocycles. The average molecular weight is 469 g/mol. The minimum Gasteiger partial charge on any atom is -0.497 e. The number of pyridine rings is 1. The molecule has 2 aromatic heterocycles. The first-order chi connectivity index (χ1) is 16.5. The zero-order valence-electron chi connectivity index (χ0n) is 19.3. The van der Waals surface area contributed by atoms with Gasteiger partial charge in [-0.2, -0.15) is 18.6 Å². The fourth-order valence-corrected chi connectivity index (χ4v) is 3.25. The van der Waals surface area contributed by atoms with Crippen LogP contribution in [0.25, 0.3) is 27.8 Å². The molecule has 0 bridgehead atoms. The summed E-state index contributed by atoms with van der Waals surface area (Å²) in [5.74, 6) is 0.975. The number of hydrogen-bond acceptors (Lipinski definition) is 6. The maximum Gasteiger partial charge on any atom is 0.387 e. The molecule has 4 rings (SSSR count). The molecule has 0 saturated heterocycles. The van der Waals surface area contributed by atoms with Crippen molar-refractivity contribution in [3.05, 3.63) is 71.0 Å². The van der Waals surface area contributed by atoms with Gasteiger partial charge in [-0.15, -0.1) is 0 Å². The van der Waals surface area contributed by atoms with Crippen LogP contribution in [0.5, 0.6) is 17.4 Å². The first-order valence-corrected chi connectivity index (χ1v) is 10.8. The van der Waals surface area contributed by atoms with Crippen LogP contribution in [0.4, 0.5) is 8.78 Å². The molecule has 2 heterocycles. The maximum absolute atomic E-state index is 13.5. The van der Waals surface area contributed by atoms with Crippen molar-refractivity contribution in [2.75, 3.05) is 13.7 Å². The Morgan fingerprint density at radius 2 is 1.59 bits per heavy atom. The third kappa shape index (κ3) is 5.31. The van der Waals surface area contributed by atoms with Crippen molar-refractivity contribution >= 4 is 11.0 Å². The number of nitrogens with zero attached hydrogens (tertiary/aromatic N) is 3. The minimum atomic E-state index is -2.94. The van der Waals surface area contributed by atoms with Crippen molar-refractivity contribution in [3.63, 3.8) is 0 Å². The highest BCUT2D eigenvalue weighted by atomic mass is 19.3. The van der Waals surface area contributed by atoms with Gasteiger partial charge in [0.1, 0.15) is 22.5 Å². The average Bonchev–Trinajstić information content (AvgIpc) is 2.86. The van der Waals surface area contributed by atoms with Crippen LogP contribution in [-0.2, 0) is 0 Å². The van der Waals surface area contributed by atoms with Gasteiger partial charge in [0.2, 0.25) is 5.88 Å². The standard InChI is InChI=1S/C23H19F2N3O4.C2H6/c1-3-31-19-13-12-18-21(26-19)20(14-4-8-17(9-5-14)32-23(24)25)22(29)28(27-18)15-6-10-16(30-2)11-7-15;1-2/h4-13,23H,3H2,1-2H3;1-2H3. The Kier molecular flexibility index (Phi) is 8.13. The number of alkyl halides is 2. The van der Waals surface area contributed by atoms with Crippen LogP contribution in [0, 0.1) is 0 Å². The number of ether oxygens (including phenoxy) is 3. The molecule has 0 N–H and O–H groups in total. The van der Waals surface area contributed by atoms with E-state index in [1.807, 2.05) is 20.8 Å². The molecule has 34 heavy (non-hydrogen) atoms. The van der Waals surface area contributed by atoms with Gasteiger partial charge in [0.15, 0.2) is 0 Å². The van der Waals surface area contributed by atoms with Gasteiger partial charge < -0.3 is 14.2 Å².